The molecule has 1 saturated carbocycles. The molecule has 0 spiro atoms. The molecule has 0 bridgehead atoms. The van der Waals surface area contributed by atoms with E-state index in [1.54, 1.807) is 12.4 Å². The highest BCUT2D eigenvalue weighted by Gasteiger charge is 2.44. The predicted molar refractivity (Wildman–Crippen MR) is 94.0 cm³/mol. The first-order chi connectivity index (χ1) is 11.8. The van der Waals surface area contributed by atoms with E-state index in [2.05, 4.69) is 32.1 Å². The molecule has 0 radical (unpaired) electrons. The summed E-state index contributed by atoms with van der Waals surface area (Å²) in [4.78, 5) is 15.9. The second-order valence-electron chi connectivity index (χ2n) is 6.87. The number of anilines is 1. The highest BCUT2D eigenvalue weighted by atomic mass is 16.5. The molecule has 1 atom stereocenters. The van der Waals surface area contributed by atoms with Crippen molar-refractivity contribution in [2.24, 2.45) is 0 Å². The normalized spacial score (nSPS) is 22.5. The maximum absolute atomic E-state index is 5.56. The monoisotopic (exact) mass is 327 g/mol. The molecule has 0 aromatic carbocycles. The highest BCUT2D eigenvalue weighted by molar-refractivity contribution is 5.71. The lowest BCUT2D eigenvalue weighted by Crippen LogP contribution is -2.59. The first-order valence-electron chi connectivity index (χ1n) is 8.95. The van der Waals surface area contributed by atoms with Crippen LogP contribution in [0.5, 0.6) is 0 Å². The van der Waals surface area contributed by atoms with Gasteiger partial charge in [-0.25, -0.2) is 9.97 Å². The minimum absolute atomic E-state index is 0.211. The van der Waals surface area contributed by atoms with Crippen molar-refractivity contribution in [1.82, 2.24) is 19.9 Å². The van der Waals surface area contributed by atoms with E-state index in [1.807, 2.05) is 12.1 Å². The highest BCUT2D eigenvalue weighted by Crippen LogP contribution is 2.39. The Balaban J connectivity index is 1.56. The van der Waals surface area contributed by atoms with Crippen LogP contribution in [-0.2, 0) is 4.74 Å². The zero-order chi connectivity index (χ0) is 16.4. The fraction of sp³-hybridized carbons (Fsp3) is 0.611. The van der Waals surface area contributed by atoms with Crippen molar-refractivity contribution in [2.45, 2.75) is 44.2 Å². The van der Waals surface area contributed by atoms with E-state index >= 15 is 0 Å². The zero-order valence-corrected chi connectivity index (χ0v) is 14.2. The summed E-state index contributed by atoms with van der Waals surface area (Å²) < 4.78 is 5.56. The van der Waals surface area contributed by atoms with E-state index in [0.717, 1.165) is 37.6 Å². The maximum Gasteiger partial charge on any atom is 0.180 e. The van der Waals surface area contributed by atoms with Crippen molar-refractivity contribution in [1.29, 1.82) is 0 Å². The van der Waals surface area contributed by atoms with E-state index in [1.165, 1.54) is 25.7 Å². The molecule has 3 heterocycles. The van der Waals surface area contributed by atoms with Crippen molar-refractivity contribution in [3.05, 3.63) is 24.5 Å². The summed E-state index contributed by atoms with van der Waals surface area (Å²) in [5.74, 6) is 0.884. The fourth-order valence-electron chi connectivity index (χ4n) is 4.31. The number of ether oxygens (including phenoxy) is 1. The Labute approximate surface area is 142 Å². The van der Waals surface area contributed by atoms with Gasteiger partial charge in [0.25, 0.3) is 0 Å². The van der Waals surface area contributed by atoms with Crippen LogP contribution < -0.4 is 5.32 Å². The average Bonchev–Trinajstić information content (AvgIpc) is 3.13. The molecule has 24 heavy (non-hydrogen) atoms. The van der Waals surface area contributed by atoms with Crippen molar-refractivity contribution in [3.8, 4) is 0 Å². The molecule has 1 aliphatic heterocycles. The van der Waals surface area contributed by atoms with Gasteiger partial charge in [-0.2, -0.15) is 0 Å². The Morgan fingerprint density at radius 3 is 2.67 bits per heavy atom. The van der Waals surface area contributed by atoms with Crippen molar-refractivity contribution >= 4 is 17.0 Å². The van der Waals surface area contributed by atoms with Gasteiger partial charge in [0.2, 0.25) is 0 Å². The molecular formula is C18H25N5O. The van der Waals surface area contributed by atoms with Crippen LogP contribution >= 0.6 is 0 Å². The number of morpholine rings is 1. The quantitative estimate of drug-likeness (QED) is 0.931. The lowest BCUT2D eigenvalue weighted by Gasteiger charge is -2.47. The van der Waals surface area contributed by atoms with Gasteiger partial charge in [0, 0.05) is 37.1 Å². The summed E-state index contributed by atoms with van der Waals surface area (Å²) in [6.07, 6.45) is 8.49. The SMILES string of the molecule is C[C@H](Nc1ccc2nccnc2n1)C1(N2CCOCC2)CCCC1. The van der Waals surface area contributed by atoms with E-state index in [0.29, 0.717) is 11.7 Å². The molecule has 0 amide bonds. The van der Waals surface area contributed by atoms with Gasteiger partial charge in [0.05, 0.1) is 13.2 Å². The Kier molecular flexibility index (Phi) is 4.33. The third-order valence-electron chi connectivity index (χ3n) is 5.61. The molecule has 2 aliphatic rings. The average molecular weight is 327 g/mol. The second kappa shape index (κ2) is 6.61. The van der Waals surface area contributed by atoms with E-state index in [9.17, 15) is 0 Å². The standard InChI is InChI=1S/C18H25N5O/c1-14(18(6-2-3-7-18)23-10-12-24-13-11-23)21-16-5-4-15-17(22-16)20-9-8-19-15/h4-5,8-9,14H,2-3,6-7,10-13H2,1H3,(H,20,21,22)/t14-/m0/s1. The Morgan fingerprint density at radius 2 is 1.88 bits per heavy atom. The van der Waals surface area contributed by atoms with Crippen LogP contribution in [0.2, 0.25) is 0 Å². The molecule has 4 rings (SSSR count). The van der Waals surface area contributed by atoms with Crippen LogP contribution in [0, 0.1) is 0 Å². The molecule has 2 aromatic rings. The van der Waals surface area contributed by atoms with Crippen LogP contribution in [0.4, 0.5) is 5.82 Å². The minimum atomic E-state index is 0.211. The third-order valence-corrected chi connectivity index (χ3v) is 5.61. The van der Waals surface area contributed by atoms with Gasteiger partial charge in [0.15, 0.2) is 5.65 Å². The summed E-state index contributed by atoms with van der Waals surface area (Å²) in [5.41, 5.74) is 1.74. The first-order valence-corrected chi connectivity index (χ1v) is 8.95. The van der Waals surface area contributed by atoms with Crippen LogP contribution in [0.1, 0.15) is 32.6 Å². The van der Waals surface area contributed by atoms with Gasteiger partial charge in [0.1, 0.15) is 11.3 Å². The zero-order valence-electron chi connectivity index (χ0n) is 14.2. The number of nitrogens with zero attached hydrogens (tertiary/aromatic N) is 4. The van der Waals surface area contributed by atoms with Gasteiger partial charge < -0.3 is 10.1 Å². The van der Waals surface area contributed by atoms with Crippen LogP contribution in [0.3, 0.4) is 0 Å². The van der Waals surface area contributed by atoms with Gasteiger partial charge in [-0.05, 0) is 31.9 Å². The number of fused-ring (bicyclic) bond motifs is 1. The molecule has 0 unspecified atom stereocenters. The third kappa shape index (κ3) is 2.84. The van der Waals surface area contributed by atoms with Crippen LogP contribution in [0.15, 0.2) is 24.5 Å². The fourth-order valence-corrected chi connectivity index (χ4v) is 4.31. The number of hydrogen-bond donors (Lipinski definition) is 1. The van der Waals surface area contributed by atoms with Crippen LogP contribution in [0.25, 0.3) is 11.2 Å². The van der Waals surface area contributed by atoms with Crippen molar-refractivity contribution in [3.63, 3.8) is 0 Å². The predicted octanol–water partition coefficient (Wildman–Crippen LogP) is 2.47. The summed E-state index contributed by atoms with van der Waals surface area (Å²) in [5, 5.41) is 3.65. The molecule has 1 aliphatic carbocycles. The van der Waals surface area contributed by atoms with Crippen molar-refractivity contribution in [2.75, 3.05) is 31.6 Å². The smallest absolute Gasteiger partial charge is 0.180 e. The lowest BCUT2D eigenvalue weighted by molar-refractivity contribution is -0.0261. The van der Waals surface area contributed by atoms with Gasteiger partial charge in [-0.1, -0.05) is 12.8 Å². The topological polar surface area (TPSA) is 63.2 Å². The van der Waals surface area contributed by atoms with Gasteiger partial charge in [-0.15, -0.1) is 0 Å². The maximum atomic E-state index is 5.56. The molecule has 1 N–H and O–H groups in total. The summed E-state index contributed by atoms with van der Waals surface area (Å²) in [6.45, 7) is 6.05. The molecule has 128 valence electrons. The van der Waals surface area contributed by atoms with E-state index < -0.39 is 0 Å². The van der Waals surface area contributed by atoms with Gasteiger partial charge in [-0.3, -0.25) is 9.88 Å². The summed E-state index contributed by atoms with van der Waals surface area (Å²) in [7, 11) is 0. The molecule has 2 aromatic heterocycles. The summed E-state index contributed by atoms with van der Waals surface area (Å²) >= 11 is 0. The van der Waals surface area contributed by atoms with Crippen molar-refractivity contribution < 1.29 is 4.74 Å². The second-order valence-corrected chi connectivity index (χ2v) is 6.87. The minimum Gasteiger partial charge on any atom is -0.379 e. The number of pyridine rings is 1. The molecule has 6 nitrogen and oxygen atoms in total. The van der Waals surface area contributed by atoms with Crippen LogP contribution in [-0.4, -0.2) is 57.7 Å². The molecule has 2 fully saturated rings. The number of nitrogens with one attached hydrogen (secondary N) is 1. The summed E-state index contributed by atoms with van der Waals surface area (Å²) in [6, 6.07) is 4.33. The number of hydrogen-bond acceptors (Lipinski definition) is 6. The molecule has 1 saturated heterocycles. The lowest BCUT2D eigenvalue weighted by atomic mass is 9.86. The Hall–Kier alpha value is -1.79. The number of aromatic nitrogens is 3. The molecular weight excluding hydrogens is 302 g/mol. The molecule has 6 heteroatoms. The van der Waals surface area contributed by atoms with Gasteiger partial charge >= 0.3 is 0 Å². The largest absolute Gasteiger partial charge is 0.379 e. The number of rotatable bonds is 4. The Morgan fingerprint density at radius 1 is 1.12 bits per heavy atom. The van der Waals surface area contributed by atoms with E-state index in [-0.39, 0.29) is 5.54 Å². The first kappa shape index (κ1) is 15.7. The van der Waals surface area contributed by atoms with E-state index in [4.69, 9.17) is 4.74 Å². The Bertz CT molecular complexity index is 695.